The number of likely N-dealkylation sites (N-methyl/N-ethyl adjacent to an activating group) is 1. The van der Waals surface area contributed by atoms with Crippen molar-refractivity contribution in [2.75, 3.05) is 12.4 Å². The van der Waals surface area contributed by atoms with Gasteiger partial charge in [0.15, 0.2) is 5.01 Å². The van der Waals surface area contributed by atoms with Crippen molar-refractivity contribution in [3.8, 4) is 29.5 Å². The number of hydrogen-bond acceptors (Lipinski definition) is 6. The lowest BCUT2D eigenvalue weighted by molar-refractivity contribution is -0.122. The first-order valence-electron chi connectivity index (χ1n) is 10.2. The summed E-state index contributed by atoms with van der Waals surface area (Å²) in [5.74, 6) is 2.34. The number of nitriles is 1. The van der Waals surface area contributed by atoms with Crippen molar-refractivity contribution in [2.45, 2.75) is 24.3 Å². The third-order valence-electron chi connectivity index (χ3n) is 5.43. The molecular weight excluding hydrogens is 436 g/mol. The van der Waals surface area contributed by atoms with E-state index in [4.69, 9.17) is 6.42 Å². The minimum atomic E-state index is -0.919. The number of nitrogens with zero attached hydrogens (tertiary/aromatic N) is 3. The van der Waals surface area contributed by atoms with Gasteiger partial charge in [-0.2, -0.15) is 5.26 Å². The van der Waals surface area contributed by atoms with E-state index in [1.54, 1.807) is 23.7 Å². The molecule has 0 bridgehead atoms. The molecule has 1 aliphatic rings. The summed E-state index contributed by atoms with van der Waals surface area (Å²) in [6.07, 6.45) is 8.60. The van der Waals surface area contributed by atoms with Gasteiger partial charge in [-0.05, 0) is 36.0 Å². The summed E-state index contributed by atoms with van der Waals surface area (Å²) in [7, 11) is 1.50. The Hall–Kier alpha value is -4.21. The van der Waals surface area contributed by atoms with Crippen LogP contribution in [-0.4, -0.2) is 29.0 Å². The van der Waals surface area contributed by atoms with Gasteiger partial charge in [0.05, 0.1) is 11.8 Å². The van der Waals surface area contributed by atoms with E-state index >= 15 is 0 Å². The number of terminal acetylenes is 1. The topological polar surface area (TPSA) is 120 Å². The lowest BCUT2D eigenvalue weighted by atomic mass is 9.93. The van der Waals surface area contributed by atoms with Gasteiger partial charge in [0.25, 0.3) is 0 Å². The van der Waals surface area contributed by atoms with Crippen molar-refractivity contribution in [1.29, 1.82) is 5.26 Å². The summed E-state index contributed by atoms with van der Waals surface area (Å²) in [5, 5.41) is 19.5. The minimum absolute atomic E-state index is 0.312. The largest absolute Gasteiger partial charge is 0.357 e. The molecular formula is C24H20N6O2S. The quantitative estimate of drug-likeness (QED) is 0.492. The van der Waals surface area contributed by atoms with E-state index in [2.05, 4.69) is 37.9 Å². The number of hydrogen-bond donors (Lipinski definition) is 3. The van der Waals surface area contributed by atoms with Crippen LogP contribution in [0.3, 0.4) is 0 Å². The number of urea groups is 1. The summed E-state index contributed by atoms with van der Waals surface area (Å²) in [6.45, 7) is 0. The fraction of sp³-hybridized carbons (Fsp3) is 0.208. The van der Waals surface area contributed by atoms with Crippen LogP contribution in [0.15, 0.2) is 48.0 Å². The van der Waals surface area contributed by atoms with Crippen molar-refractivity contribution in [3.63, 3.8) is 0 Å². The molecule has 1 fully saturated rings. The third kappa shape index (κ3) is 4.54. The number of carbonyl (C=O) groups excluding carboxylic acids is 2. The van der Waals surface area contributed by atoms with E-state index < -0.39 is 17.5 Å². The number of thiazole rings is 1. The summed E-state index contributed by atoms with van der Waals surface area (Å²) in [4.78, 5) is 33.5. The maximum atomic E-state index is 12.5. The monoisotopic (exact) mass is 456 g/mol. The first-order valence-corrected chi connectivity index (χ1v) is 11.1. The lowest BCUT2D eigenvalue weighted by Gasteiger charge is -2.18. The fourth-order valence-electron chi connectivity index (χ4n) is 3.53. The first kappa shape index (κ1) is 22.0. The molecule has 164 valence electrons. The van der Waals surface area contributed by atoms with Crippen molar-refractivity contribution >= 4 is 29.1 Å². The molecule has 0 aliphatic heterocycles. The van der Waals surface area contributed by atoms with Gasteiger partial charge in [-0.15, -0.1) is 17.8 Å². The van der Waals surface area contributed by atoms with Crippen molar-refractivity contribution in [2.24, 2.45) is 0 Å². The average Bonchev–Trinajstić information content (AvgIpc) is 3.53. The van der Waals surface area contributed by atoms with E-state index in [0.717, 1.165) is 29.7 Å². The lowest BCUT2D eigenvalue weighted by Crippen LogP contribution is -2.41. The summed E-state index contributed by atoms with van der Waals surface area (Å²) in [5.41, 5.74) is 2.62. The SMILES string of the molecule is C#Cc1nc(NC(=O)NC(C(=O)NC)c2ccc(-c3cccnc3C3(C#N)CC3)cc2)cs1. The van der Waals surface area contributed by atoms with Gasteiger partial charge in [-0.1, -0.05) is 30.3 Å². The Morgan fingerprint density at radius 2 is 2.00 bits per heavy atom. The van der Waals surface area contributed by atoms with Gasteiger partial charge >= 0.3 is 6.03 Å². The number of amides is 3. The molecule has 1 saturated carbocycles. The number of pyridine rings is 1. The highest BCUT2D eigenvalue weighted by Gasteiger charge is 2.47. The Balaban J connectivity index is 1.55. The fourth-order valence-corrected chi connectivity index (χ4v) is 4.08. The smallest absolute Gasteiger partial charge is 0.321 e. The molecule has 0 saturated heterocycles. The number of aromatic nitrogens is 2. The number of rotatable bonds is 6. The van der Waals surface area contributed by atoms with E-state index in [9.17, 15) is 14.9 Å². The van der Waals surface area contributed by atoms with Crippen LogP contribution in [0.25, 0.3) is 11.1 Å². The maximum absolute atomic E-state index is 12.5. The van der Waals surface area contributed by atoms with Gasteiger partial charge < -0.3 is 10.6 Å². The number of anilines is 1. The molecule has 3 N–H and O–H groups in total. The first-order chi connectivity index (χ1) is 16.0. The summed E-state index contributed by atoms with van der Waals surface area (Å²) in [6, 6.07) is 11.9. The molecule has 1 unspecified atom stereocenters. The zero-order valence-electron chi connectivity index (χ0n) is 17.8. The van der Waals surface area contributed by atoms with Gasteiger partial charge in [0.1, 0.15) is 17.3 Å². The van der Waals surface area contributed by atoms with Crippen LogP contribution >= 0.6 is 11.3 Å². The zero-order valence-corrected chi connectivity index (χ0v) is 18.6. The van der Waals surface area contributed by atoms with Crippen molar-refractivity contribution in [3.05, 3.63) is 64.2 Å². The highest BCUT2D eigenvalue weighted by Crippen LogP contribution is 2.49. The molecule has 0 radical (unpaired) electrons. The van der Waals surface area contributed by atoms with Crippen LogP contribution in [0.1, 0.15) is 35.1 Å². The molecule has 2 heterocycles. The summed E-state index contributed by atoms with van der Waals surface area (Å²) < 4.78 is 0. The Bertz CT molecular complexity index is 1280. The Kier molecular flexibility index (Phi) is 6.07. The Labute approximate surface area is 195 Å². The zero-order chi connectivity index (χ0) is 23.4. The second-order valence-corrected chi connectivity index (χ2v) is 8.40. The van der Waals surface area contributed by atoms with Crippen LogP contribution in [0.5, 0.6) is 0 Å². The predicted octanol–water partition coefficient (Wildman–Crippen LogP) is 3.35. The van der Waals surface area contributed by atoms with E-state index in [1.165, 1.54) is 18.4 Å². The molecule has 9 heteroatoms. The van der Waals surface area contributed by atoms with Crippen molar-refractivity contribution in [1.82, 2.24) is 20.6 Å². The predicted molar refractivity (Wildman–Crippen MR) is 125 cm³/mol. The number of nitrogens with one attached hydrogen (secondary N) is 3. The highest BCUT2D eigenvalue weighted by molar-refractivity contribution is 7.10. The van der Waals surface area contributed by atoms with Gasteiger partial charge in [-0.3, -0.25) is 15.1 Å². The molecule has 3 amide bonds. The molecule has 1 atom stereocenters. The molecule has 1 aromatic carbocycles. The van der Waals surface area contributed by atoms with Crippen LogP contribution < -0.4 is 16.0 Å². The number of carbonyl (C=O) groups is 2. The summed E-state index contributed by atoms with van der Waals surface area (Å²) >= 11 is 1.23. The second kappa shape index (κ2) is 9.11. The van der Waals surface area contributed by atoms with Gasteiger partial charge in [0.2, 0.25) is 5.91 Å². The van der Waals surface area contributed by atoms with Crippen LogP contribution in [0.2, 0.25) is 0 Å². The second-order valence-electron chi connectivity index (χ2n) is 7.54. The van der Waals surface area contributed by atoms with Crippen LogP contribution in [0, 0.1) is 23.7 Å². The molecule has 4 rings (SSSR count). The molecule has 8 nitrogen and oxygen atoms in total. The van der Waals surface area contributed by atoms with Crippen LogP contribution in [0.4, 0.5) is 10.6 Å². The van der Waals surface area contributed by atoms with Gasteiger partial charge in [0, 0.05) is 24.2 Å². The molecule has 2 aromatic heterocycles. The molecule has 3 aromatic rings. The maximum Gasteiger partial charge on any atom is 0.321 e. The van der Waals surface area contributed by atoms with Crippen LogP contribution in [-0.2, 0) is 10.2 Å². The molecule has 33 heavy (non-hydrogen) atoms. The molecule has 0 spiro atoms. The Morgan fingerprint density at radius 3 is 2.61 bits per heavy atom. The van der Waals surface area contributed by atoms with E-state index in [1.807, 2.05) is 24.3 Å². The molecule has 1 aliphatic carbocycles. The van der Waals surface area contributed by atoms with Crippen molar-refractivity contribution < 1.29 is 9.59 Å². The standard InChI is InChI=1S/C24H20N6O2S/c1-3-19-28-18(13-33-19)29-23(32)30-20(22(31)26-2)16-8-6-15(7-9-16)17-5-4-12-27-21(17)24(14-25)10-11-24/h1,4-9,12-13,20H,10-11H2,2H3,(H,26,31)(H2,29,30,32). The number of benzene rings is 1. The van der Waals surface area contributed by atoms with E-state index in [-0.39, 0.29) is 5.91 Å². The van der Waals surface area contributed by atoms with E-state index in [0.29, 0.717) is 16.4 Å². The normalized spacial score (nSPS) is 14.3. The third-order valence-corrected chi connectivity index (χ3v) is 6.21. The Morgan fingerprint density at radius 1 is 1.24 bits per heavy atom. The average molecular weight is 457 g/mol. The minimum Gasteiger partial charge on any atom is -0.357 e. The van der Waals surface area contributed by atoms with Gasteiger partial charge in [-0.25, -0.2) is 9.78 Å². The highest BCUT2D eigenvalue weighted by atomic mass is 32.1.